The Morgan fingerprint density at radius 3 is 2.77 bits per heavy atom. The van der Waals surface area contributed by atoms with E-state index in [1.807, 2.05) is 18.2 Å². The SMILES string of the molecule is COC(=O)c1cccc(CCC(=O)NC[C@H]2CN(Cc3ccc(Cl)c(Cl)c3)CCO2)c1. The van der Waals surface area contributed by atoms with Crippen LogP contribution in [0, 0.1) is 0 Å². The molecule has 1 aliphatic heterocycles. The van der Waals surface area contributed by atoms with Gasteiger partial charge in [-0.1, -0.05) is 41.4 Å². The zero-order valence-electron chi connectivity index (χ0n) is 17.4. The number of benzene rings is 2. The third-order valence-corrected chi connectivity index (χ3v) is 5.87. The highest BCUT2D eigenvalue weighted by atomic mass is 35.5. The number of morpholine rings is 1. The van der Waals surface area contributed by atoms with Gasteiger partial charge in [0.15, 0.2) is 0 Å². The molecule has 0 aromatic heterocycles. The molecule has 2 aromatic carbocycles. The molecule has 1 aliphatic rings. The van der Waals surface area contributed by atoms with Crippen molar-refractivity contribution < 1.29 is 19.1 Å². The lowest BCUT2D eigenvalue weighted by atomic mass is 10.1. The smallest absolute Gasteiger partial charge is 0.337 e. The van der Waals surface area contributed by atoms with Crippen molar-refractivity contribution in [2.75, 3.05) is 33.4 Å². The minimum absolute atomic E-state index is 0.0475. The molecule has 0 unspecified atom stereocenters. The van der Waals surface area contributed by atoms with Gasteiger partial charge >= 0.3 is 5.97 Å². The monoisotopic (exact) mass is 464 g/mol. The predicted octanol–water partition coefficient (Wildman–Crippen LogP) is 3.73. The van der Waals surface area contributed by atoms with Gasteiger partial charge in [-0.05, 0) is 41.8 Å². The molecule has 0 spiro atoms. The van der Waals surface area contributed by atoms with E-state index in [-0.39, 0.29) is 18.0 Å². The third kappa shape index (κ3) is 7.21. The number of esters is 1. The van der Waals surface area contributed by atoms with Gasteiger partial charge in [-0.2, -0.15) is 0 Å². The van der Waals surface area contributed by atoms with Crippen LogP contribution in [0.15, 0.2) is 42.5 Å². The fraction of sp³-hybridized carbons (Fsp3) is 0.391. The van der Waals surface area contributed by atoms with E-state index >= 15 is 0 Å². The number of halogens is 2. The summed E-state index contributed by atoms with van der Waals surface area (Å²) < 4.78 is 10.5. The summed E-state index contributed by atoms with van der Waals surface area (Å²) in [6.07, 6.45) is 0.818. The first-order chi connectivity index (χ1) is 14.9. The maximum atomic E-state index is 12.3. The van der Waals surface area contributed by atoms with Crippen molar-refractivity contribution >= 4 is 35.1 Å². The zero-order valence-corrected chi connectivity index (χ0v) is 18.9. The molecule has 166 valence electrons. The molecule has 1 atom stereocenters. The fourth-order valence-corrected chi connectivity index (χ4v) is 3.81. The summed E-state index contributed by atoms with van der Waals surface area (Å²) >= 11 is 12.1. The fourth-order valence-electron chi connectivity index (χ4n) is 3.49. The minimum atomic E-state index is -0.383. The Kier molecular flexibility index (Phi) is 8.72. The van der Waals surface area contributed by atoms with E-state index in [1.165, 1.54) is 7.11 Å². The van der Waals surface area contributed by atoms with Crippen LogP contribution in [-0.2, 0) is 27.2 Å². The number of hydrogen-bond donors (Lipinski definition) is 1. The molecule has 0 saturated carbocycles. The van der Waals surface area contributed by atoms with E-state index in [2.05, 4.69) is 10.2 Å². The molecular formula is C23H26Cl2N2O4. The Morgan fingerprint density at radius 1 is 1.16 bits per heavy atom. The van der Waals surface area contributed by atoms with Gasteiger partial charge in [0.1, 0.15) is 0 Å². The summed E-state index contributed by atoms with van der Waals surface area (Å²) in [5.41, 5.74) is 2.49. The van der Waals surface area contributed by atoms with Gasteiger partial charge < -0.3 is 14.8 Å². The van der Waals surface area contributed by atoms with Crippen molar-refractivity contribution in [1.29, 1.82) is 0 Å². The Bertz CT molecular complexity index is 922. The van der Waals surface area contributed by atoms with E-state index in [0.717, 1.165) is 30.8 Å². The summed E-state index contributed by atoms with van der Waals surface area (Å²) in [4.78, 5) is 26.2. The molecule has 1 saturated heterocycles. The highest BCUT2D eigenvalue weighted by Gasteiger charge is 2.21. The van der Waals surface area contributed by atoms with Crippen molar-refractivity contribution in [3.05, 3.63) is 69.2 Å². The summed E-state index contributed by atoms with van der Waals surface area (Å²) in [5.74, 6) is -0.431. The van der Waals surface area contributed by atoms with Crippen LogP contribution in [0.2, 0.25) is 10.0 Å². The van der Waals surface area contributed by atoms with Gasteiger partial charge in [-0.15, -0.1) is 0 Å². The van der Waals surface area contributed by atoms with Crippen LogP contribution in [0.3, 0.4) is 0 Å². The van der Waals surface area contributed by atoms with E-state index < -0.39 is 0 Å². The number of aryl methyl sites for hydroxylation is 1. The van der Waals surface area contributed by atoms with Crippen molar-refractivity contribution in [3.63, 3.8) is 0 Å². The van der Waals surface area contributed by atoms with Crippen molar-refractivity contribution in [2.24, 2.45) is 0 Å². The predicted molar refractivity (Wildman–Crippen MR) is 121 cm³/mol. The first kappa shape index (κ1) is 23.5. The largest absolute Gasteiger partial charge is 0.465 e. The molecular weight excluding hydrogens is 439 g/mol. The van der Waals surface area contributed by atoms with Crippen molar-refractivity contribution in [2.45, 2.75) is 25.5 Å². The summed E-state index contributed by atoms with van der Waals surface area (Å²) in [6, 6.07) is 12.8. The van der Waals surface area contributed by atoms with E-state index in [1.54, 1.807) is 24.3 Å². The minimum Gasteiger partial charge on any atom is -0.465 e. The third-order valence-electron chi connectivity index (χ3n) is 5.13. The molecule has 0 radical (unpaired) electrons. The lowest BCUT2D eigenvalue weighted by Gasteiger charge is -2.33. The summed E-state index contributed by atoms with van der Waals surface area (Å²) in [6.45, 7) is 3.37. The van der Waals surface area contributed by atoms with Gasteiger partial charge in [-0.3, -0.25) is 9.69 Å². The normalized spacial score (nSPS) is 16.7. The molecule has 1 heterocycles. The summed E-state index contributed by atoms with van der Waals surface area (Å²) in [7, 11) is 1.35. The lowest BCUT2D eigenvalue weighted by Crippen LogP contribution is -2.47. The molecule has 1 amide bonds. The number of carbonyl (C=O) groups is 2. The van der Waals surface area contributed by atoms with Gasteiger partial charge in [0.05, 0.1) is 35.4 Å². The molecule has 0 bridgehead atoms. The molecule has 6 nitrogen and oxygen atoms in total. The van der Waals surface area contributed by atoms with E-state index in [9.17, 15) is 9.59 Å². The maximum Gasteiger partial charge on any atom is 0.337 e. The number of methoxy groups -OCH3 is 1. The first-order valence-electron chi connectivity index (χ1n) is 10.2. The number of rotatable bonds is 8. The van der Waals surface area contributed by atoms with Crippen LogP contribution in [0.25, 0.3) is 0 Å². The number of hydrogen-bond acceptors (Lipinski definition) is 5. The molecule has 2 aromatic rings. The average molecular weight is 465 g/mol. The van der Waals surface area contributed by atoms with Crippen LogP contribution in [0.1, 0.15) is 27.9 Å². The Morgan fingerprint density at radius 2 is 2.00 bits per heavy atom. The first-order valence-corrected chi connectivity index (χ1v) is 10.9. The highest BCUT2D eigenvalue weighted by Crippen LogP contribution is 2.23. The molecule has 1 N–H and O–H groups in total. The Hall–Kier alpha value is -2.12. The lowest BCUT2D eigenvalue weighted by molar-refractivity contribution is -0.122. The number of nitrogens with zero attached hydrogens (tertiary/aromatic N) is 1. The topological polar surface area (TPSA) is 67.9 Å². The quantitative estimate of drug-likeness (QED) is 0.602. The van der Waals surface area contributed by atoms with Crippen molar-refractivity contribution in [1.82, 2.24) is 10.2 Å². The van der Waals surface area contributed by atoms with Crippen LogP contribution in [0.4, 0.5) is 0 Å². The number of ether oxygens (including phenoxy) is 2. The Balaban J connectivity index is 1.42. The summed E-state index contributed by atoms with van der Waals surface area (Å²) in [5, 5.41) is 4.05. The molecule has 0 aliphatic carbocycles. The second kappa shape index (κ2) is 11.5. The maximum absolute atomic E-state index is 12.3. The van der Waals surface area contributed by atoms with Gasteiger partial charge in [0.2, 0.25) is 5.91 Å². The Labute approximate surface area is 192 Å². The average Bonchev–Trinajstić information content (AvgIpc) is 2.78. The second-order valence-electron chi connectivity index (χ2n) is 7.47. The van der Waals surface area contributed by atoms with E-state index in [0.29, 0.717) is 41.6 Å². The second-order valence-corrected chi connectivity index (χ2v) is 8.29. The molecule has 31 heavy (non-hydrogen) atoms. The molecule has 8 heteroatoms. The van der Waals surface area contributed by atoms with Crippen LogP contribution in [0.5, 0.6) is 0 Å². The van der Waals surface area contributed by atoms with Gasteiger partial charge in [-0.25, -0.2) is 4.79 Å². The number of carbonyl (C=O) groups excluding carboxylic acids is 2. The zero-order chi connectivity index (χ0) is 22.2. The van der Waals surface area contributed by atoms with Gasteiger partial charge in [0, 0.05) is 32.6 Å². The number of amides is 1. The molecule has 3 rings (SSSR count). The number of nitrogens with one attached hydrogen (secondary N) is 1. The standard InChI is InChI=1S/C23H26Cl2N2O4/c1-30-23(29)18-4-2-3-16(11-18)6-8-22(28)26-13-19-15-27(9-10-31-19)14-17-5-7-20(24)21(25)12-17/h2-5,7,11-12,19H,6,8-10,13-15H2,1H3,(H,26,28)/t19-/m0/s1. The molecule has 1 fully saturated rings. The highest BCUT2D eigenvalue weighted by molar-refractivity contribution is 6.42. The van der Waals surface area contributed by atoms with Crippen molar-refractivity contribution in [3.8, 4) is 0 Å². The van der Waals surface area contributed by atoms with Crippen LogP contribution < -0.4 is 5.32 Å². The van der Waals surface area contributed by atoms with Gasteiger partial charge in [0.25, 0.3) is 0 Å². The van der Waals surface area contributed by atoms with Crippen LogP contribution in [-0.4, -0.2) is 56.2 Å². The van der Waals surface area contributed by atoms with E-state index in [4.69, 9.17) is 32.7 Å². The van der Waals surface area contributed by atoms with Crippen LogP contribution >= 0.6 is 23.2 Å².